The Balaban J connectivity index is 2.20. The van der Waals surface area contributed by atoms with Crippen LogP contribution in [-0.2, 0) is 22.6 Å². The Bertz CT molecular complexity index is 944. The molecule has 0 unspecified atom stereocenters. The van der Waals surface area contributed by atoms with Crippen molar-refractivity contribution in [3.05, 3.63) is 53.6 Å². The minimum atomic E-state index is -0.611. The molecule has 0 aliphatic carbocycles. The maximum atomic E-state index is 13.3. The standard InChI is InChI=1S/C27H38N2O5/c1-7-33-24-14-12-21(17-25(24)34-8-2)13-15-26(30)29(20(5)27(31)28-19(3)4)18-22-10-9-11-23(16-22)32-6/h9-12,14,16-17,19-20H,7-8,13,15,18H2,1-6H3,(H,28,31)/t20-/m0/s1. The molecule has 0 radical (unpaired) electrons. The largest absolute Gasteiger partial charge is 0.497 e. The number of rotatable bonds is 13. The van der Waals surface area contributed by atoms with Crippen molar-refractivity contribution in [1.29, 1.82) is 0 Å². The zero-order chi connectivity index (χ0) is 25.1. The van der Waals surface area contributed by atoms with Gasteiger partial charge < -0.3 is 24.4 Å². The van der Waals surface area contributed by atoms with Gasteiger partial charge in [-0.3, -0.25) is 9.59 Å². The molecule has 2 amide bonds. The van der Waals surface area contributed by atoms with Crippen molar-refractivity contribution in [2.45, 2.75) is 66.1 Å². The lowest BCUT2D eigenvalue weighted by atomic mass is 10.1. The quantitative estimate of drug-likeness (QED) is 0.471. The topological polar surface area (TPSA) is 77.1 Å². The summed E-state index contributed by atoms with van der Waals surface area (Å²) in [6.45, 7) is 10.8. The van der Waals surface area contributed by atoms with Crippen molar-refractivity contribution in [1.82, 2.24) is 10.2 Å². The number of amides is 2. The minimum absolute atomic E-state index is 0.00966. The van der Waals surface area contributed by atoms with Crippen molar-refractivity contribution in [3.8, 4) is 17.2 Å². The van der Waals surface area contributed by atoms with Gasteiger partial charge in [-0.15, -0.1) is 0 Å². The van der Waals surface area contributed by atoms with Crippen LogP contribution in [0.15, 0.2) is 42.5 Å². The fourth-order valence-electron chi connectivity index (χ4n) is 3.60. The summed E-state index contributed by atoms with van der Waals surface area (Å²) in [5.41, 5.74) is 1.87. The predicted molar refractivity (Wildman–Crippen MR) is 133 cm³/mol. The lowest BCUT2D eigenvalue weighted by molar-refractivity contribution is -0.140. The van der Waals surface area contributed by atoms with Gasteiger partial charge in [0.1, 0.15) is 11.8 Å². The van der Waals surface area contributed by atoms with Crippen LogP contribution in [0, 0.1) is 0 Å². The lowest BCUT2D eigenvalue weighted by Gasteiger charge is -2.29. The second-order valence-corrected chi connectivity index (χ2v) is 8.36. The molecule has 34 heavy (non-hydrogen) atoms. The van der Waals surface area contributed by atoms with E-state index in [1.165, 1.54) is 0 Å². The van der Waals surface area contributed by atoms with Gasteiger partial charge in [-0.2, -0.15) is 0 Å². The third-order valence-corrected chi connectivity index (χ3v) is 5.32. The molecule has 0 heterocycles. The number of hydrogen-bond acceptors (Lipinski definition) is 5. The van der Waals surface area contributed by atoms with Crippen LogP contribution in [0.25, 0.3) is 0 Å². The average Bonchev–Trinajstić information content (AvgIpc) is 2.82. The second kappa shape index (κ2) is 13.5. The number of carbonyl (C=O) groups excluding carboxylic acids is 2. The summed E-state index contributed by atoms with van der Waals surface area (Å²) in [5.74, 6) is 1.80. The molecule has 2 aromatic carbocycles. The smallest absolute Gasteiger partial charge is 0.242 e. The van der Waals surface area contributed by atoms with Crippen LogP contribution in [0.4, 0.5) is 0 Å². The van der Waals surface area contributed by atoms with E-state index >= 15 is 0 Å². The van der Waals surface area contributed by atoms with Crippen LogP contribution >= 0.6 is 0 Å². The van der Waals surface area contributed by atoms with Gasteiger partial charge in [0, 0.05) is 19.0 Å². The maximum Gasteiger partial charge on any atom is 0.242 e. The summed E-state index contributed by atoms with van der Waals surface area (Å²) in [5, 5.41) is 2.91. The molecule has 2 rings (SSSR count). The molecule has 1 atom stereocenters. The third-order valence-electron chi connectivity index (χ3n) is 5.32. The molecule has 0 spiro atoms. The fourth-order valence-corrected chi connectivity index (χ4v) is 3.60. The van der Waals surface area contributed by atoms with Gasteiger partial charge in [-0.1, -0.05) is 18.2 Å². The van der Waals surface area contributed by atoms with Crippen LogP contribution in [-0.4, -0.2) is 49.1 Å². The number of benzene rings is 2. The Morgan fingerprint density at radius 1 is 0.941 bits per heavy atom. The Kier molecular flexibility index (Phi) is 10.7. The molecule has 0 aliphatic rings. The van der Waals surface area contributed by atoms with Gasteiger partial charge in [0.25, 0.3) is 0 Å². The molecule has 2 aromatic rings. The molecule has 0 saturated carbocycles. The number of ether oxygens (including phenoxy) is 3. The van der Waals surface area contributed by atoms with Crippen molar-refractivity contribution >= 4 is 11.8 Å². The van der Waals surface area contributed by atoms with Crippen molar-refractivity contribution in [3.63, 3.8) is 0 Å². The number of aryl methyl sites for hydroxylation is 1. The first kappa shape index (κ1) is 27.0. The molecule has 0 bridgehead atoms. The van der Waals surface area contributed by atoms with E-state index < -0.39 is 6.04 Å². The van der Waals surface area contributed by atoms with Crippen LogP contribution in [0.3, 0.4) is 0 Å². The number of nitrogens with one attached hydrogen (secondary N) is 1. The number of methoxy groups -OCH3 is 1. The van der Waals surface area contributed by atoms with Crippen molar-refractivity contribution < 1.29 is 23.8 Å². The van der Waals surface area contributed by atoms with E-state index in [9.17, 15) is 9.59 Å². The monoisotopic (exact) mass is 470 g/mol. The number of carbonyl (C=O) groups is 2. The zero-order valence-electron chi connectivity index (χ0n) is 21.2. The molecule has 0 aliphatic heterocycles. The summed E-state index contributed by atoms with van der Waals surface area (Å²) in [4.78, 5) is 27.7. The van der Waals surface area contributed by atoms with Crippen LogP contribution in [0.2, 0.25) is 0 Å². The Morgan fingerprint density at radius 3 is 2.29 bits per heavy atom. The molecule has 0 fully saturated rings. The highest BCUT2D eigenvalue weighted by Gasteiger charge is 2.26. The van der Waals surface area contributed by atoms with Gasteiger partial charge >= 0.3 is 0 Å². The molecular weight excluding hydrogens is 432 g/mol. The normalized spacial score (nSPS) is 11.6. The summed E-state index contributed by atoms with van der Waals surface area (Å²) >= 11 is 0. The Hall–Kier alpha value is -3.22. The summed E-state index contributed by atoms with van der Waals surface area (Å²) < 4.78 is 16.7. The molecule has 1 N–H and O–H groups in total. The van der Waals surface area contributed by atoms with E-state index in [2.05, 4.69) is 5.32 Å². The van der Waals surface area contributed by atoms with Gasteiger partial charge in [0.2, 0.25) is 11.8 Å². The molecule has 186 valence electrons. The highest BCUT2D eigenvalue weighted by atomic mass is 16.5. The van der Waals surface area contributed by atoms with E-state index in [4.69, 9.17) is 14.2 Å². The van der Waals surface area contributed by atoms with Gasteiger partial charge in [0.05, 0.1) is 20.3 Å². The SMILES string of the molecule is CCOc1ccc(CCC(=O)N(Cc2cccc(OC)c2)[C@@H](C)C(=O)NC(C)C)cc1OCC. The molecular formula is C27H38N2O5. The first-order valence-corrected chi connectivity index (χ1v) is 11.9. The Labute approximate surface area is 203 Å². The second-order valence-electron chi connectivity index (χ2n) is 8.36. The zero-order valence-corrected chi connectivity index (χ0v) is 21.2. The van der Waals surface area contributed by atoms with Crippen molar-refractivity contribution in [2.24, 2.45) is 0 Å². The Morgan fingerprint density at radius 2 is 1.65 bits per heavy atom. The van der Waals surface area contributed by atoms with E-state index in [1.807, 2.05) is 70.2 Å². The lowest BCUT2D eigenvalue weighted by Crippen LogP contribution is -2.49. The highest BCUT2D eigenvalue weighted by molar-refractivity contribution is 5.87. The van der Waals surface area contributed by atoms with Gasteiger partial charge in [-0.05, 0) is 76.4 Å². The van der Waals surface area contributed by atoms with Gasteiger partial charge in [-0.25, -0.2) is 0 Å². The first-order valence-electron chi connectivity index (χ1n) is 11.9. The molecule has 0 saturated heterocycles. The van der Waals surface area contributed by atoms with E-state index in [0.717, 1.165) is 11.1 Å². The molecule has 0 aromatic heterocycles. The molecule has 7 nitrogen and oxygen atoms in total. The van der Waals surface area contributed by atoms with Crippen LogP contribution in [0.5, 0.6) is 17.2 Å². The highest BCUT2D eigenvalue weighted by Crippen LogP contribution is 2.29. The fraction of sp³-hybridized carbons (Fsp3) is 0.481. The van der Waals surface area contributed by atoms with E-state index in [0.29, 0.717) is 43.4 Å². The number of nitrogens with zero attached hydrogens (tertiary/aromatic N) is 1. The molecule has 7 heteroatoms. The van der Waals surface area contributed by atoms with Gasteiger partial charge in [0.15, 0.2) is 11.5 Å². The van der Waals surface area contributed by atoms with Crippen molar-refractivity contribution in [2.75, 3.05) is 20.3 Å². The van der Waals surface area contributed by atoms with Crippen LogP contribution < -0.4 is 19.5 Å². The predicted octanol–water partition coefficient (Wildman–Crippen LogP) is 4.37. The average molecular weight is 471 g/mol. The first-order chi connectivity index (χ1) is 16.3. The summed E-state index contributed by atoms with van der Waals surface area (Å²) in [7, 11) is 1.61. The van der Waals surface area contributed by atoms with Crippen LogP contribution in [0.1, 0.15) is 52.2 Å². The maximum absolute atomic E-state index is 13.3. The minimum Gasteiger partial charge on any atom is -0.497 e. The van der Waals surface area contributed by atoms with E-state index in [1.54, 1.807) is 18.9 Å². The third kappa shape index (κ3) is 7.97. The van der Waals surface area contributed by atoms with E-state index in [-0.39, 0.29) is 24.3 Å². The summed E-state index contributed by atoms with van der Waals surface area (Å²) in [6, 6.07) is 12.7. The number of hydrogen-bond donors (Lipinski definition) is 1. The summed E-state index contributed by atoms with van der Waals surface area (Å²) in [6.07, 6.45) is 0.793.